The lowest BCUT2D eigenvalue weighted by Crippen LogP contribution is -2.49. The van der Waals surface area contributed by atoms with E-state index in [1.54, 1.807) is 0 Å². The second-order valence-electron chi connectivity index (χ2n) is 7.26. The van der Waals surface area contributed by atoms with Crippen LogP contribution in [0.15, 0.2) is 42.3 Å². The van der Waals surface area contributed by atoms with Crippen molar-refractivity contribution < 1.29 is 9.47 Å². The number of fused-ring (bicyclic) bond motifs is 1. The van der Waals surface area contributed by atoms with Crippen molar-refractivity contribution in [1.29, 1.82) is 0 Å². The van der Waals surface area contributed by atoms with E-state index >= 15 is 0 Å². The number of piperazine rings is 1. The molecular formula is C21H28N4O2. The number of rotatable bonds is 5. The summed E-state index contributed by atoms with van der Waals surface area (Å²) in [5, 5.41) is 0. The fourth-order valence-corrected chi connectivity index (χ4v) is 3.79. The van der Waals surface area contributed by atoms with Gasteiger partial charge in [-0.2, -0.15) is 0 Å². The van der Waals surface area contributed by atoms with Crippen molar-refractivity contribution >= 4 is 5.95 Å². The van der Waals surface area contributed by atoms with Gasteiger partial charge in [-0.05, 0) is 18.6 Å². The molecule has 1 fully saturated rings. The summed E-state index contributed by atoms with van der Waals surface area (Å²) >= 11 is 0. The summed E-state index contributed by atoms with van der Waals surface area (Å²) in [6, 6.07) is 0.372. The maximum Gasteiger partial charge on any atom is 0.225 e. The quantitative estimate of drug-likeness (QED) is 0.796. The van der Waals surface area contributed by atoms with Gasteiger partial charge in [0, 0.05) is 56.8 Å². The molecule has 0 bridgehead atoms. The minimum absolute atomic E-state index is 0.372. The van der Waals surface area contributed by atoms with Gasteiger partial charge < -0.3 is 14.4 Å². The first kappa shape index (κ1) is 18.2. The average Bonchev–Trinajstić information content (AvgIpc) is 3.19. The van der Waals surface area contributed by atoms with Crippen LogP contribution in [0.1, 0.15) is 24.6 Å². The third-order valence-electron chi connectivity index (χ3n) is 5.57. The molecule has 0 amide bonds. The number of ether oxygens (including phenoxy) is 2. The van der Waals surface area contributed by atoms with Crippen molar-refractivity contribution in [2.24, 2.45) is 0 Å². The summed E-state index contributed by atoms with van der Waals surface area (Å²) in [5.41, 5.74) is 3.48. The minimum atomic E-state index is 0.372. The Morgan fingerprint density at radius 3 is 2.85 bits per heavy atom. The van der Waals surface area contributed by atoms with Crippen LogP contribution in [0.25, 0.3) is 0 Å². The number of hydrogen-bond acceptors (Lipinski definition) is 6. The van der Waals surface area contributed by atoms with Gasteiger partial charge in [-0.3, -0.25) is 4.90 Å². The molecule has 1 atom stereocenters. The van der Waals surface area contributed by atoms with Gasteiger partial charge in [-0.25, -0.2) is 9.97 Å². The molecular weight excluding hydrogens is 340 g/mol. The zero-order valence-electron chi connectivity index (χ0n) is 16.1. The highest BCUT2D eigenvalue weighted by molar-refractivity contribution is 5.35. The number of aromatic nitrogens is 2. The molecule has 3 aliphatic heterocycles. The van der Waals surface area contributed by atoms with Gasteiger partial charge in [-0.15, -0.1) is 0 Å². The van der Waals surface area contributed by atoms with Gasteiger partial charge in [0.05, 0.1) is 25.5 Å². The Morgan fingerprint density at radius 2 is 2.04 bits per heavy atom. The number of nitrogens with zero attached hydrogens (tertiary/aromatic N) is 4. The summed E-state index contributed by atoms with van der Waals surface area (Å²) < 4.78 is 11.2. The van der Waals surface area contributed by atoms with Gasteiger partial charge in [-0.1, -0.05) is 18.7 Å². The highest BCUT2D eigenvalue weighted by Gasteiger charge is 2.23. The number of anilines is 1. The molecule has 4 heterocycles. The summed E-state index contributed by atoms with van der Waals surface area (Å²) in [6.07, 6.45) is 10.0. The molecule has 0 radical (unpaired) electrons. The Morgan fingerprint density at radius 1 is 1.19 bits per heavy atom. The van der Waals surface area contributed by atoms with E-state index in [4.69, 9.17) is 14.5 Å². The second-order valence-corrected chi connectivity index (χ2v) is 7.26. The van der Waals surface area contributed by atoms with Crippen molar-refractivity contribution in [2.75, 3.05) is 44.3 Å². The monoisotopic (exact) mass is 368 g/mol. The summed E-state index contributed by atoms with van der Waals surface area (Å²) in [6.45, 7) is 12.2. The Balaban J connectivity index is 1.34. The first-order valence-corrected chi connectivity index (χ1v) is 9.82. The van der Waals surface area contributed by atoms with Gasteiger partial charge in [0.2, 0.25) is 5.95 Å². The lowest BCUT2D eigenvalue weighted by Gasteiger charge is -2.37. The van der Waals surface area contributed by atoms with Crippen LogP contribution in [0.2, 0.25) is 0 Å². The first-order valence-electron chi connectivity index (χ1n) is 9.82. The van der Waals surface area contributed by atoms with Crippen LogP contribution in [0.5, 0.6) is 0 Å². The van der Waals surface area contributed by atoms with Crippen molar-refractivity contribution in [3.63, 3.8) is 0 Å². The van der Waals surface area contributed by atoms with E-state index in [-0.39, 0.29) is 0 Å². The summed E-state index contributed by atoms with van der Waals surface area (Å²) in [4.78, 5) is 14.1. The fourth-order valence-electron chi connectivity index (χ4n) is 3.79. The largest absolute Gasteiger partial charge is 0.493 e. The van der Waals surface area contributed by atoms with Crippen molar-refractivity contribution in [3.05, 3.63) is 53.6 Å². The molecule has 1 saturated heterocycles. The minimum Gasteiger partial charge on any atom is -0.493 e. The van der Waals surface area contributed by atoms with E-state index in [0.29, 0.717) is 12.6 Å². The fraction of sp³-hybridized carbons (Fsp3) is 0.524. The molecule has 0 N–H and O–H groups in total. The third-order valence-corrected chi connectivity index (χ3v) is 5.57. The van der Waals surface area contributed by atoms with E-state index in [1.807, 2.05) is 12.3 Å². The smallest absolute Gasteiger partial charge is 0.225 e. The summed E-state index contributed by atoms with van der Waals surface area (Å²) in [5.74, 6) is 1.83. The van der Waals surface area contributed by atoms with Crippen LogP contribution in [0.3, 0.4) is 0 Å². The Kier molecular flexibility index (Phi) is 5.55. The molecule has 0 spiro atoms. The molecule has 1 aromatic rings. The van der Waals surface area contributed by atoms with Gasteiger partial charge in [0.15, 0.2) is 0 Å². The van der Waals surface area contributed by atoms with Crippen LogP contribution >= 0.6 is 0 Å². The van der Waals surface area contributed by atoms with E-state index in [0.717, 1.165) is 75.2 Å². The maximum absolute atomic E-state index is 5.68. The van der Waals surface area contributed by atoms with E-state index in [9.17, 15) is 0 Å². The Bertz CT molecular complexity index is 751. The zero-order chi connectivity index (χ0) is 18.6. The van der Waals surface area contributed by atoms with Crippen LogP contribution in [-0.4, -0.2) is 60.3 Å². The SMILES string of the molecule is C=CC1=C(/C=C/C(C)N2CCN(c3ncc4c(n3)CCOC4)CC2)OCC1. The summed E-state index contributed by atoms with van der Waals surface area (Å²) in [7, 11) is 0. The maximum atomic E-state index is 5.68. The molecule has 27 heavy (non-hydrogen) atoms. The van der Waals surface area contributed by atoms with Crippen LogP contribution in [0, 0.1) is 0 Å². The predicted molar refractivity (Wildman–Crippen MR) is 106 cm³/mol. The molecule has 144 valence electrons. The molecule has 6 heteroatoms. The molecule has 1 unspecified atom stereocenters. The number of hydrogen-bond donors (Lipinski definition) is 0. The topological polar surface area (TPSA) is 50.7 Å². The third kappa shape index (κ3) is 4.06. The van der Waals surface area contributed by atoms with Gasteiger partial charge in [0.1, 0.15) is 5.76 Å². The van der Waals surface area contributed by atoms with Crippen molar-refractivity contribution in [2.45, 2.75) is 32.4 Å². The Hall–Kier alpha value is -2.18. The Labute approximate surface area is 161 Å². The van der Waals surface area contributed by atoms with Crippen molar-refractivity contribution in [3.8, 4) is 0 Å². The second kappa shape index (κ2) is 8.23. The number of allylic oxidation sites excluding steroid dienone is 2. The van der Waals surface area contributed by atoms with Crippen molar-refractivity contribution in [1.82, 2.24) is 14.9 Å². The molecule has 3 aliphatic rings. The highest BCUT2D eigenvalue weighted by atomic mass is 16.5. The zero-order valence-corrected chi connectivity index (χ0v) is 16.1. The lowest BCUT2D eigenvalue weighted by molar-refractivity contribution is 0.109. The molecule has 0 saturated carbocycles. The van der Waals surface area contributed by atoms with E-state index < -0.39 is 0 Å². The van der Waals surface area contributed by atoms with Crippen LogP contribution < -0.4 is 4.90 Å². The highest BCUT2D eigenvalue weighted by Crippen LogP contribution is 2.22. The first-order chi connectivity index (χ1) is 13.2. The molecule has 0 aromatic carbocycles. The predicted octanol–water partition coefficient (Wildman–Crippen LogP) is 2.48. The standard InChI is InChI=1S/C21H28N4O2/c1-3-17-6-13-27-20(17)5-4-16(2)24-8-10-25(11-9-24)21-22-14-18-15-26-12-7-19(18)23-21/h3-5,14,16H,1,6-13,15H2,2H3/b5-4+. The molecule has 0 aliphatic carbocycles. The van der Waals surface area contributed by atoms with Crippen LogP contribution in [0.4, 0.5) is 5.95 Å². The van der Waals surface area contributed by atoms with Gasteiger partial charge >= 0.3 is 0 Å². The van der Waals surface area contributed by atoms with Gasteiger partial charge in [0.25, 0.3) is 0 Å². The molecule has 6 nitrogen and oxygen atoms in total. The average molecular weight is 368 g/mol. The van der Waals surface area contributed by atoms with E-state index in [1.165, 1.54) is 5.57 Å². The normalized spacial score (nSPS) is 22.0. The molecule has 4 rings (SSSR count). The van der Waals surface area contributed by atoms with Crippen LogP contribution in [-0.2, 0) is 22.5 Å². The lowest BCUT2D eigenvalue weighted by atomic mass is 10.1. The van der Waals surface area contributed by atoms with E-state index in [2.05, 4.69) is 40.4 Å². The molecule has 1 aromatic heterocycles.